The topological polar surface area (TPSA) is 337 Å². The van der Waals surface area contributed by atoms with Gasteiger partial charge < -0.3 is 46.0 Å². The number of nitrogens with one attached hydrogen (secondary N) is 3. The van der Waals surface area contributed by atoms with E-state index in [1.807, 2.05) is 104 Å². The molecule has 9 heterocycles. The first-order chi connectivity index (χ1) is 64.2. The van der Waals surface area contributed by atoms with E-state index in [0.717, 1.165) is 96.7 Å². The molecule has 6 N–H and O–H groups in total. The van der Waals surface area contributed by atoms with Gasteiger partial charge in [-0.05, 0) is 156 Å². The number of carbonyl (C=O) groups excluding carboxylic acids is 6. The Hall–Kier alpha value is -11.8. The van der Waals surface area contributed by atoms with Crippen molar-refractivity contribution in [2.45, 2.75) is 232 Å². The minimum absolute atomic E-state index is 0.0464. The molecule has 3 aliphatic carbocycles. The second kappa shape index (κ2) is 44.4. The lowest BCUT2D eigenvalue weighted by Gasteiger charge is -2.38. The van der Waals surface area contributed by atoms with Crippen LogP contribution in [-0.4, -0.2) is 177 Å². The predicted molar refractivity (Wildman–Crippen MR) is 521 cm³/mol. The zero-order valence-electron chi connectivity index (χ0n) is 78.7. The number of aromatic nitrogens is 6. The number of likely N-dealkylation sites (tertiary alicyclic amines) is 3. The van der Waals surface area contributed by atoms with Crippen molar-refractivity contribution in [1.29, 1.82) is 0 Å². The molecular weight excluding hydrogens is 1770 g/mol. The molecule has 0 bridgehead atoms. The Bertz CT molecular complexity index is 5780. The van der Waals surface area contributed by atoms with Crippen LogP contribution >= 0.6 is 34.0 Å². The summed E-state index contributed by atoms with van der Waals surface area (Å²) in [5.41, 5.74) is 11.0. The number of rotatable bonds is 30. The van der Waals surface area contributed by atoms with E-state index in [-0.39, 0.29) is 123 Å². The first-order valence-corrected chi connectivity index (χ1v) is 49.3. The molecule has 6 atom stereocenters. The van der Waals surface area contributed by atoms with E-state index >= 15 is 0 Å². The lowest BCUT2D eigenvalue weighted by atomic mass is 9.84. The minimum atomic E-state index is -4.19. The molecule has 3 aliphatic heterocycles. The summed E-state index contributed by atoms with van der Waals surface area (Å²) in [7, 11) is 0. The van der Waals surface area contributed by atoms with E-state index in [4.69, 9.17) is 0 Å². The number of hydrogen-bond acceptors (Lipinski definition) is 18. The molecule has 6 aromatic heterocycles. The molecule has 0 radical (unpaired) electrons. The van der Waals surface area contributed by atoms with Crippen LogP contribution in [0.25, 0.3) is 50.9 Å². The molecule has 135 heavy (non-hydrogen) atoms. The quantitative estimate of drug-likeness (QED) is 0.0228. The number of carboxylic acids is 3. The van der Waals surface area contributed by atoms with Gasteiger partial charge in [-0.15, -0.1) is 34.0 Å². The smallest absolute Gasteiger partial charge is 0.392 e. The third kappa shape index (κ3) is 26.7. The molecular formula is C105H123F3N12O12S3. The predicted octanol–water partition coefficient (Wildman–Crippen LogP) is 19.7. The van der Waals surface area contributed by atoms with Crippen molar-refractivity contribution < 1.29 is 71.6 Å². The van der Waals surface area contributed by atoms with Crippen molar-refractivity contribution in [2.75, 3.05) is 39.3 Å². The van der Waals surface area contributed by atoms with Crippen LogP contribution in [-0.2, 0) is 64.3 Å². The highest BCUT2D eigenvalue weighted by Gasteiger charge is 2.44. The van der Waals surface area contributed by atoms with Crippen LogP contribution in [0.4, 0.5) is 13.2 Å². The number of hydrogen-bond donors (Lipinski definition) is 6. The summed E-state index contributed by atoms with van der Waals surface area (Å²) in [4.78, 5) is 151. The fraction of sp³-hybridized carbons (Fsp3) is 0.457. The van der Waals surface area contributed by atoms with Gasteiger partial charge in [0, 0.05) is 144 Å². The molecule has 6 amide bonds. The molecule has 3 unspecified atom stereocenters. The maximum atomic E-state index is 13.5. The summed E-state index contributed by atoms with van der Waals surface area (Å²) in [5.74, 6) is -4.41. The summed E-state index contributed by atoms with van der Waals surface area (Å²) in [5, 5.41) is 36.6. The molecule has 0 spiro atoms. The van der Waals surface area contributed by atoms with Crippen LogP contribution in [0, 0.1) is 35.5 Å². The van der Waals surface area contributed by atoms with Crippen LogP contribution in [0.5, 0.6) is 0 Å². The summed E-state index contributed by atoms with van der Waals surface area (Å²) in [6.07, 6.45) is 28.7. The fourth-order valence-corrected chi connectivity index (χ4v) is 20.2. The van der Waals surface area contributed by atoms with Crippen LogP contribution in [0.1, 0.15) is 250 Å². The molecule has 9 aromatic rings. The second-order valence-corrected chi connectivity index (χ2v) is 42.8. The largest absolute Gasteiger partial charge is 0.481 e. The normalized spacial score (nSPS) is 17.9. The van der Waals surface area contributed by atoms with Gasteiger partial charge in [0.1, 0.15) is 18.1 Å². The van der Waals surface area contributed by atoms with Gasteiger partial charge >= 0.3 is 24.1 Å². The van der Waals surface area contributed by atoms with E-state index < -0.39 is 65.9 Å². The Morgan fingerprint density at radius 2 is 0.667 bits per heavy atom. The average Bonchev–Trinajstić information content (AvgIpc) is 1.59. The summed E-state index contributed by atoms with van der Waals surface area (Å²) in [6.45, 7) is 24.0. The van der Waals surface area contributed by atoms with Gasteiger partial charge in [-0.1, -0.05) is 206 Å². The van der Waals surface area contributed by atoms with Crippen LogP contribution < -0.4 is 16.0 Å². The van der Waals surface area contributed by atoms with Crippen molar-refractivity contribution in [3.63, 3.8) is 0 Å². The first-order valence-electron chi connectivity index (χ1n) is 46.9. The monoisotopic (exact) mass is 1900 g/mol. The van der Waals surface area contributed by atoms with Crippen molar-refractivity contribution >= 4 is 104 Å². The van der Waals surface area contributed by atoms with Crippen LogP contribution in [0.2, 0.25) is 0 Å². The zero-order chi connectivity index (χ0) is 96.8. The number of thiophene rings is 3. The summed E-state index contributed by atoms with van der Waals surface area (Å²) in [6, 6.07) is 31.3. The van der Waals surface area contributed by atoms with Gasteiger partial charge in [-0.3, -0.25) is 43.2 Å². The van der Waals surface area contributed by atoms with Gasteiger partial charge in [0.05, 0.1) is 38.3 Å². The Labute approximate surface area is 799 Å². The summed E-state index contributed by atoms with van der Waals surface area (Å²) >= 11 is 4.21. The Morgan fingerprint density at radius 1 is 0.378 bits per heavy atom. The molecule has 0 saturated carbocycles. The van der Waals surface area contributed by atoms with E-state index in [1.54, 1.807) is 48.8 Å². The number of allylic oxidation sites excluding steroid dienone is 6. The van der Waals surface area contributed by atoms with Crippen LogP contribution in [0.15, 0.2) is 165 Å². The fourth-order valence-electron chi connectivity index (χ4n) is 17.3. The number of benzene rings is 3. The number of carboxylic acid groups (broad SMARTS) is 3. The highest BCUT2D eigenvalue weighted by atomic mass is 32.1. The standard InChI is InChI=1S/C37H46N4O4S.C35H42N4O4S.C33H35F3N4O4S/c1-5-6-7-8-24-9-13-26(14-10-24)28-20-38-33(39-21-28)27-15-11-25(12-16-27)19-30(35(43)41-22-29(23-41)36(44)45)40-34(42)31-17-18-32(46-31)37(2,3)4;1-5-6-22-7-11-24(12-8-22)26-18-36-31(37-19-26)25-13-9-23(10-14-25)17-28(33(41)39-20-27(21-39)34(42)43)38-32(40)29-15-16-30(44-29)35(2,3)4;1-32(2,3)27-13-12-26(45-27)29(41)39-25(30(42)40-17-23(18-40)31(43)44)14-19-4-6-21(7-5-19)28-37-15-22(16-38-28)20-8-10-24(11-9-20)33(34,35)36/h11-13,15-18,20-21,24,29-30H,5-10,14,19,22-23H2,1-4H3,(H,40,42)(H,44,45);9-11,13-16,18-19,22,27-28H,5-8,12,17,20-21H2,1-4H3,(H,38,40)(H,42,43);4-8,12-13,15-16,23-25H,9-11,14,17-18H2,1-3H3,(H,39,41)(H,43,44)/t24?,30-;22?,28-;24?,25-/m000/s1. The van der Waals surface area contributed by atoms with Crippen molar-refractivity contribution in [2.24, 2.45) is 35.5 Å². The number of unbranched alkanes of at least 4 members (excludes halogenated alkanes) is 2. The summed E-state index contributed by atoms with van der Waals surface area (Å²) < 4.78 is 39.0. The SMILES string of the molecule is CC(C)(C)c1ccc(C(=O)N[C@@H](Cc2ccc(-c3ncc(C4=CCC(C(F)(F)F)CC4)cn3)cc2)C(=O)N2CC(C(=O)O)C2)s1.CCCC1CC=C(c2cnc(-c3ccc(C[C@H](NC(=O)c4ccc(C(C)(C)C)s4)C(=O)N4CC(C(=O)O)C4)cc3)nc2)CC1.CCCCCC1CC=C(c2cnc(-c3ccc(C[C@H](NC(=O)c4ccc(C(C)(C)C)s4)C(=O)N4CC(C(=O)O)C4)cc3)nc2)CC1. The minimum Gasteiger partial charge on any atom is -0.481 e. The first kappa shape index (κ1) is 101. The molecule has 24 nitrogen and oxygen atoms in total. The Balaban J connectivity index is 0.000000172. The highest BCUT2D eigenvalue weighted by Crippen LogP contribution is 2.42. The number of amides is 6. The van der Waals surface area contributed by atoms with E-state index in [1.165, 1.54) is 111 Å². The van der Waals surface area contributed by atoms with Gasteiger partial charge in [0.15, 0.2) is 17.5 Å². The third-order valence-electron chi connectivity index (χ3n) is 26.0. The van der Waals surface area contributed by atoms with Gasteiger partial charge in [-0.25, -0.2) is 29.9 Å². The highest BCUT2D eigenvalue weighted by molar-refractivity contribution is 7.14. The average molecular weight is 1900 g/mol. The molecule has 15 rings (SSSR count). The van der Waals surface area contributed by atoms with E-state index in [0.29, 0.717) is 49.7 Å². The maximum Gasteiger partial charge on any atom is 0.392 e. The molecule has 30 heteroatoms. The Morgan fingerprint density at radius 3 is 0.904 bits per heavy atom. The van der Waals surface area contributed by atoms with Crippen molar-refractivity contribution in [3.05, 3.63) is 227 Å². The number of halogens is 3. The molecule has 3 saturated heterocycles. The van der Waals surface area contributed by atoms with Crippen molar-refractivity contribution in [3.8, 4) is 34.2 Å². The van der Waals surface area contributed by atoms with Crippen molar-refractivity contribution in [1.82, 2.24) is 60.6 Å². The molecule has 3 aromatic carbocycles. The second-order valence-electron chi connectivity index (χ2n) is 39.5. The van der Waals surface area contributed by atoms with E-state index in [2.05, 4.69) is 134 Å². The van der Waals surface area contributed by atoms with Crippen LogP contribution in [0.3, 0.4) is 0 Å². The molecule has 3 fully saturated rings. The Kier molecular flexibility index (Phi) is 33.1. The number of carbonyl (C=O) groups is 9. The number of alkyl halides is 3. The van der Waals surface area contributed by atoms with Gasteiger partial charge in [-0.2, -0.15) is 13.2 Å². The van der Waals surface area contributed by atoms with Gasteiger partial charge in [0.25, 0.3) is 17.7 Å². The zero-order valence-corrected chi connectivity index (χ0v) is 81.1. The number of aliphatic carboxylic acids is 3. The number of nitrogens with zero attached hydrogens (tertiary/aromatic N) is 9. The third-order valence-corrected chi connectivity index (χ3v) is 30.5. The molecule has 6 aliphatic rings. The van der Waals surface area contributed by atoms with Gasteiger partial charge in [0.2, 0.25) is 17.7 Å². The van der Waals surface area contributed by atoms with E-state index in [9.17, 15) is 71.6 Å². The lowest BCUT2D eigenvalue weighted by Crippen LogP contribution is -2.59. The lowest BCUT2D eigenvalue weighted by molar-refractivity contribution is -0.175. The molecule has 714 valence electrons. The maximum absolute atomic E-state index is 13.5.